The maximum atomic E-state index is 11.4. The SMILES string of the molecule is CCCCCCC(C)(NCc1cccs1)C(=O)O. The van der Waals surface area contributed by atoms with E-state index in [0.29, 0.717) is 13.0 Å². The summed E-state index contributed by atoms with van der Waals surface area (Å²) in [5, 5.41) is 14.6. The Bertz CT molecular complexity index is 351. The summed E-state index contributed by atoms with van der Waals surface area (Å²) in [6.07, 6.45) is 5.12. The van der Waals surface area contributed by atoms with Gasteiger partial charge in [-0.1, -0.05) is 38.7 Å². The second-order valence-corrected chi connectivity index (χ2v) is 5.91. The van der Waals surface area contributed by atoms with Gasteiger partial charge in [-0.3, -0.25) is 10.1 Å². The van der Waals surface area contributed by atoms with Gasteiger partial charge in [-0.25, -0.2) is 0 Å². The zero-order chi connectivity index (χ0) is 13.4. The summed E-state index contributed by atoms with van der Waals surface area (Å²) >= 11 is 1.65. The molecular formula is C14H23NO2S. The molecule has 0 aromatic carbocycles. The summed E-state index contributed by atoms with van der Waals surface area (Å²) in [6.45, 7) is 4.58. The number of hydrogen-bond acceptors (Lipinski definition) is 3. The molecule has 4 heteroatoms. The standard InChI is InChI=1S/C14H23NO2S/c1-3-4-5-6-9-14(2,13(16)17)15-11-12-8-7-10-18-12/h7-8,10,15H,3-6,9,11H2,1-2H3,(H,16,17). The van der Waals surface area contributed by atoms with Crippen molar-refractivity contribution in [3.63, 3.8) is 0 Å². The minimum atomic E-state index is -0.808. The molecule has 3 nitrogen and oxygen atoms in total. The number of unbranched alkanes of at least 4 members (excludes halogenated alkanes) is 3. The molecule has 1 unspecified atom stereocenters. The first-order chi connectivity index (χ1) is 8.58. The van der Waals surface area contributed by atoms with Crippen LogP contribution in [0.25, 0.3) is 0 Å². The van der Waals surface area contributed by atoms with Crippen LogP contribution in [0.3, 0.4) is 0 Å². The second kappa shape index (κ2) is 7.54. The Balaban J connectivity index is 2.43. The van der Waals surface area contributed by atoms with Gasteiger partial charge in [0.05, 0.1) is 0 Å². The molecule has 18 heavy (non-hydrogen) atoms. The lowest BCUT2D eigenvalue weighted by atomic mass is 9.94. The van der Waals surface area contributed by atoms with Gasteiger partial charge in [0, 0.05) is 11.4 Å². The number of aliphatic carboxylic acids is 1. The number of nitrogens with one attached hydrogen (secondary N) is 1. The molecular weight excluding hydrogens is 246 g/mol. The first-order valence-electron chi connectivity index (χ1n) is 6.59. The van der Waals surface area contributed by atoms with Crippen LogP contribution >= 0.6 is 11.3 Å². The molecule has 0 spiro atoms. The van der Waals surface area contributed by atoms with Crippen molar-refractivity contribution in [2.75, 3.05) is 0 Å². The van der Waals surface area contributed by atoms with E-state index >= 15 is 0 Å². The number of carboxylic acids is 1. The molecule has 0 aliphatic carbocycles. The Morgan fingerprint density at radius 2 is 2.22 bits per heavy atom. The number of carbonyl (C=O) groups is 1. The fourth-order valence-corrected chi connectivity index (χ4v) is 2.52. The van der Waals surface area contributed by atoms with Crippen molar-refractivity contribution in [3.05, 3.63) is 22.4 Å². The number of carboxylic acid groups (broad SMARTS) is 1. The van der Waals surface area contributed by atoms with E-state index in [-0.39, 0.29) is 0 Å². The monoisotopic (exact) mass is 269 g/mol. The van der Waals surface area contributed by atoms with Gasteiger partial charge >= 0.3 is 5.97 Å². The lowest BCUT2D eigenvalue weighted by molar-refractivity contribution is -0.144. The molecule has 1 aromatic rings. The maximum absolute atomic E-state index is 11.4. The number of thiophene rings is 1. The fraction of sp³-hybridized carbons (Fsp3) is 0.643. The molecule has 0 bridgehead atoms. The lowest BCUT2D eigenvalue weighted by Crippen LogP contribution is -2.48. The summed E-state index contributed by atoms with van der Waals surface area (Å²) in [4.78, 5) is 12.6. The molecule has 1 rings (SSSR count). The smallest absolute Gasteiger partial charge is 0.323 e. The van der Waals surface area contributed by atoms with Gasteiger partial charge < -0.3 is 5.11 Å². The number of rotatable bonds is 9. The highest BCUT2D eigenvalue weighted by molar-refractivity contribution is 7.09. The summed E-state index contributed by atoms with van der Waals surface area (Å²) < 4.78 is 0. The average molecular weight is 269 g/mol. The molecule has 102 valence electrons. The molecule has 2 N–H and O–H groups in total. The fourth-order valence-electron chi connectivity index (χ4n) is 1.87. The Kier molecular flexibility index (Phi) is 6.36. The van der Waals surface area contributed by atoms with Gasteiger partial charge in [0.25, 0.3) is 0 Å². The van der Waals surface area contributed by atoms with Gasteiger partial charge in [0.15, 0.2) is 0 Å². The third-order valence-corrected chi connectivity index (χ3v) is 4.11. The van der Waals surface area contributed by atoms with Gasteiger partial charge in [-0.05, 0) is 24.8 Å². The van der Waals surface area contributed by atoms with Gasteiger partial charge in [-0.15, -0.1) is 11.3 Å². The maximum Gasteiger partial charge on any atom is 0.323 e. The average Bonchev–Trinajstić information content (AvgIpc) is 2.85. The van der Waals surface area contributed by atoms with Crippen molar-refractivity contribution in [1.29, 1.82) is 0 Å². The summed E-state index contributed by atoms with van der Waals surface area (Å²) in [5.41, 5.74) is -0.808. The van der Waals surface area contributed by atoms with E-state index in [1.54, 1.807) is 18.3 Å². The first-order valence-corrected chi connectivity index (χ1v) is 7.47. The Morgan fingerprint density at radius 1 is 1.44 bits per heavy atom. The first kappa shape index (κ1) is 15.2. The van der Waals surface area contributed by atoms with Crippen LogP contribution in [0, 0.1) is 0 Å². The molecule has 0 aliphatic heterocycles. The van der Waals surface area contributed by atoms with Crippen LogP contribution in [0.4, 0.5) is 0 Å². The van der Waals surface area contributed by atoms with Crippen molar-refractivity contribution in [2.45, 2.75) is 58.0 Å². The highest BCUT2D eigenvalue weighted by atomic mass is 32.1. The minimum Gasteiger partial charge on any atom is -0.480 e. The third kappa shape index (κ3) is 4.78. The van der Waals surface area contributed by atoms with E-state index in [1.165, 1.54) is 17.7 Å². The summed E-state index contributed by atoms with van der Waals surface area (Å²) in [5.74, 6) is -0.754. The quantitative estimate of drug-likeness (QED) is 0.673. The van der Waals surface area contributed by atoms with Crippen LogP contribution in [0.1, 0.15) is 50.8 Å². The zero-order valence-corrected chi connectivity index (χ0v) is 12.1. The van der Waals surface area contributed by atoms with E-state index in [0.717, 1.165) is 12.8 Å². The molecule has 1 aromatic heterocycles. The minimum absolute atomic E-state index is 0.633. The topological polar surface area (TPSA) is 49.3 Å². The number of hydrogen-bond donors (Lipinski definition) is 2. The lowest BCUT2D eigenvalue weighted by Gasteiger charge is -2.26. The molecule has 0 fully saturated rings. The third-order valence-electron chi connectivity index (χ3n) is 3.24. The largest absolute Gasteiger partial charge is 0.480 e. The van der Waals surface area contributed by atoms with Crippen LogP contribution in [-0.2, 0) is 11.3 Å². The van der Waals surface area contributed by atoms with E-state index < -0.39 is 11.5 Å². The van der Waals surface area contributed by atoms with Crippen molar-refractivity contribution in [2.24, 2.45) is 0 Å². The van der Waals surface area contributed by atoms with Crippen LogP contribution in [0.5, 0.6) is 0 Å². The van der Waals surface area contributed by atoms with E-state index in [1.807, 2.05) is 17.5 Å². The van der Waals surface area contributed by atoms with Crippen LogP contribution < -0.4 is 5.32 Å². The predicted octanol–water partition coefficient (Wildman–Crippen LogP) is 3.65. The van der Waals surface area contributed by atoms with Crippen molar-refractivity contribution in [3.8, 4) is 0 Å². The predicted molar refractivity (Wildman–Crippen MR) is 76.0 cm³/mol. The molecule has 0 amide bonds. The molecule has 1 atom stereocenters. The van der Waals surface area contributed by atoms with Crippen LogP contribution in [-0.4, -0.2) is 16.6 Å². The molecule has 0 saturated carbocycles. The summed E-state index contributed by atoms with van der Waals surface area (Å²) in [6, 6.07) is 4.01. The molecule has 1 heterocycles. The highest BCUT2D eigenvalue weighted by Gasteiger charge is 2.31. The zero-order valence-electron chi connectivity index (χ0n) is 11.2. The second-order valence-electron chi connectivity index (χ2n) is 4.88. The van der Waals surface area contributed by atoms with Crippen LogP contribution in [0.2, 0.25) is 0 Å². The van der Waals surface area contributed by atoms with Crippen molar-refractivity contribution >= 4 is 17.3 Å². The summed E-state index contributed by atoms with van der Waals surface area (Å²) in [7, 11) is 0. The van der Waals surface area contributed by atoms with E-state index in [2.05, 4.69) is 12.2 Å². The molecule has 0 saturated heterocycles. The van der Waals surface area contributed by atoms with Gasteiger partial charge in [0.2, 0.25) is 0 Å². The molecule has 0 radical (unpaired) electrons. The van der Waals surface area contributed by atoms with E-state index in [4.69, 9.17) is 0 Å². The normalized spacial score (nSPS) is 14.3. The van der Waals surface area contributed by atoms with Gasteiger partial charge in [-0.2, -0.15) is 0 Å². The van der Waals surface area contributed by atoms with Crippen molar-refractivity contribution in [1.82, 2.24) is 5.32 Å². The van der Waals surface area contributed by atoms with Crippen molar-refractivity contribution < 1.29 is 9.90 Å². The highest BCUT2D eigenvalue weighted by Crippen LogP contribution is 2.18. The van der Waals surface area contributed by atoms with Gasteiger partial charge in [0.1, 0.15) is 5.54 Å². The Hall–Kier alpha value is -0.870. The Morgan fingerprint density at radius 3 is 2.78 bits per heavy atom. The Labute approximate surface area is 113 Å². The van der Waals surface area contributed by atoms with Crippen LogP contribution in [0.15, 0.2) is 17.5 Å². The van der Waals surface area contributed by atoms with E-state index in [9.17, 15) is 9.90 Å². The molecule has 0 aliphatic rings.